The second kappa shape index (κ2) is 5.73. The number of aromatic nitrogens is 2. The zero-order valence-electron chi connectivity index (χ0n) is 11.4. The summed E-state index contributed by atoms with van der Waals surface area (Å²) in [6.45, 7) is 1.38. The third-order valence-electron chi connectivity index (χ3n) is 3.31. The minimum absolute atomic E-state index is 0.164. The molecule has 118 valence electrons. The fourth-order valence-electron chi connectivity index (χ4n) is 2.18. The number of nitrogens with one attached hydrogen (secondary N) is 2. The first-order chi connectivity index (χ1) is 10.4. The Hall–Kier alpha value is -1.87. The first kappa shape index (κ1) is 15.0. The molecule has 22 heavy (non-hydrogen) atoms. The Morgan fingerprint density at radius 2 is 2.14 bits per heavy atom. The molecule has 1 amide bonds. The van der Waals surface area contributed by atoms with Crippen molar-refractivity contribution in [1.29, 1.82) is 0 Å². The number of halogens is 3. The van der Waals surface area contributed by atoms with E-state index in [4.69, 9.17) is 0 Å². The van der Waals surface area contributed by atoms with Gasteiger partial charge in [-0.1, -0.05) is 0 Å². The number of H-pyrrole nitrogens is 1. The van der Waals surface area contributed by atoms with Crippen molar-refractivity contribution in [3.05, 3.63) is 28.8 Å². The van der Waals surface area contributed by atoms with Crippen LogP contribution in [0.5, 0.6) is 0 Å². The summed E-state index contributed by atoms with van der Waals surface area (Å²) in [7, 11) is 0. The fourth-order valence-corrected chi connectivity index (χ4v) is 3.09. The Balaban J connectivity index is 1.78. The highest BCUT2D eigenvalue weighted by Crippen LogP contribution is 2.33. The van der Waals surface area contributed by atoms with E-state index >= 15 is 0 Å². The first-order valence-electron chi connectivity index (χ1n) is 6.73. The first-order valence-corrected chi connectivity index (χ1v) is 7.55. The summed E-state index contributed by atoms with van der Waals surface area (Å²) in [6, 6.07) is 4.16. The average molecular weight is 330 g/mol. The molecule has 0 radical (unpaired) electrons. The van der Waals surface area contributed by atoms with Crippen molar-refractivity contribution in [2.24, 2.45) is 0 Å². The van der Waals surface area contributed by atoms with Crippen LogP contribution in [0.2, 0.25) is 0 Å². The van der Waals surface area contributed by atoms with Crippen molar-refractivity contribution in [1.82, 2.24) is 20.6 Å². The molecule has 1 aliphatic heterocycles. The second-order valence-electron chi connectivity index (χ2n) is 4.90. The molecule has 0 saturated carbocycles. The summed E-state index contributed by atoms with van der Waals surface area (Å²) in [4.78, 5) is 13.3. The summed E-state index contributed by atoms with van der Waals surface area (Å²) in [5.41, 5.74) is 2.29. The maximum Gasteiger partial charge on any atom is 0.432 e. The van der Waals surface area contributed by atoms with Crippen LogP contribution in [0.1, 0.15) is 28.2 Å². The quantitative estimate of drug-likeness (QED) is 0.890. The SMILES string of the molecule is O=C(c1ccc(-c2cc(C(F)(F)F)[nH]n2)s1)N1CCCCN1. The third-order valence-corrected chi connectivity index (χ3v) is 4.40. The molecule has 0 unspecified atom stereocenters. The van der Waals surface area contributed by atoms with Gasteiger partial charge in [-0.25, -0.2) is 5.43 Å². The molecular weight excluding hydrogens is 317 g/mol. The molecule has 1 aliphatic rings. The summed E-state index contributed by atoms with van der Waals surface area (Å²) >= 11 is 1.13. The van der Waals surface area contributed by atoms with Gasteiger partial charge in [-0.3, -0.25) is 14.9 Å². The normalized spacial score (nSPS) is 16.0. The monoisotopic (exact) mass is 330 g/mol. The maximum atomic E-state index is 12.6. The van der Waals surface area contributed by atoms with E-state index in [1.165, 1.54) is 0 Å². The van der Waals surface area contributed by atoms with Gasteiger partial charge in [-0.15, -0.1) is 11.3 Å². The van der Waals surface area contributed by atoms with Crippen LogP contribution in [-0.2, 0) is 6.18 Å². The van der Waals surface area contributed by atoms with E-state index in [9.17, 15) is 18.0 Å². The molecule has 0 spiro atoms. The lowest BCUT2D eigenvalue weighted by molar-refractivity contribution is -0.141. The lowest BCUT2D eigenvalue weighted by atomic mass is 10.2. The van der Waals surface area contributed by atoms with Gasteiger partial charge in [0, 0.05) is 13.1 Å². The molecule has 5 nitrogen and oxygen atoms in total. The Labute approximate surface area is 128 Å². The van der Waals surface area contributed by atoms with Gasteiger partial charge in [0.1, 0.15) is 11.4 Å². The van der Waals surface area contributed by atoms with Crippen LogP contribution in [0.3, 0.4) is 0 Å². The van der Waals surface area contributed by atoms with Crippen molar-refractivity contribution >= 4 is 17.2 Å². The predicted octanol–water partition coefficient (Wildman–Crippen LogP) is 2.90. The Bertz CT molecular complexity index is 673. The standard InChI is InChI=1S/C13H13F3N4OS/c14-13(15,16)11-7-8(18-19-11)9-3-4-10(22-9)12(21)20-6-2-1-5-17-20/h3-4,7,17H,1-2,5-6H2,(H,18,19). The number of carbonyl (C=O) groups is 1. The summed E-state index contributed by atoms with van der Waals surface area (Å²) in [6.07, 6.45) is -2.50. The maximum absolute atomic E-state index is 12.6. The van der Waals surface area contributed by atoms with Gasteiger partial charge in [-0.2, -0.15) is 18.3 Å². The van der Waals surface area contributed by atoms with Crippen LogP contribution < -0.4 is 5.43 Å². The molecule has 3 heterocycles. The number of nitrogens with zero attached hydrogens (tertiary/aromatic N) is 2. The minimum Gasteiger partial charge on any atom is -0.273 e. The van der Waals surface area contributed by atoms with E-state index in [-0.39, 0.29) is 11.6 Å². The zero-order chi connectivity index (χ0) is 15.7. The number of rotatable bonds is 2. The predicted molar refractivity (Wildman–Crippen MR) is 75.2 cm³/mol. The Morgan fingerprint density at radius 1 is 1.32 bits per heavy atom. The number of thiophene rings is 1. The highest BCUT2D eigenvalue weighted by Gasteiger charge is 2.33. The lowest BCUT2D eigenvalue weighted by Gasteiger charge is -2.27. The van der Waals surface area contributed by atoms with Crippen LogP contribution in [0.25, 0.3) is 10.6 Å². The average Bonchev–Trinajstić information content (AvgIpc) is 3.15. The smallest absolute Gasteiger partial charge is 0.273 e. The van der Waals surface area contributed by atoms with E-state index in [1.807, 2.05) is 5.10 Å². The van der Waals surface area contributed by atoms with Crippen molar-refractivity contribution in [2.45, 2.75) is 19.0 Å². The van der Waals surface area contributed by atoms with Gasteiger partial charge in [0.05, 0.1) is 9.75 Å². The number of alkyl halides is 3. The molecule has 3 rings (SSSR count). The van der Waals surface area contributed by atoms with Crippen molar-refractivity contribution in [2.75, 3.05) is 13.1 Å². The van der Waals surface area contributed by atoms with Crippen molar-refractivity contribution in [3.8, 4) is 10.6 Å². The molecule has 0 bridgehead atoms. The van der Waals surface area contributed by atoms with Crippen LogP contribution in [0, 0.1) is 0 Å². The summed E-state index contributed by atoms with van der Waals surface area (Å²) < 4.78 is 37.7. The zero-order valence-corrected chi connectivity index (χ0v) is 12.2. The van der Waals surface area contributed by atoms with Gasteiger partial charge in [0.15, 0.2) is 0 Å². The highest BCUT2D eigenvalue weighted by molar-refractivity contribution is 7.17. The second-order valence-corrected chi connectivity index (χ2v) is 5.98. The van der Waals surface area contributed by atoms with E-state index in [0.717, 1.165) is 36.8 Å². The summed E-state index contributed by atoms with van der Waals surface area (Å²) in [5.74, 6) is -0.164. The molecule has 1 saturated heterocycles. The summed E-state index contributed by atoms with van der Waals surface area (Å²) in [5, 5.41) is 7.18. The number of aromatic amines is 1. The Morgan fingerprint density at radius 3 is 2.77 bits per heavy atom. The van der Waals surface area contributed by atoms with Gasteiger partial charge < -0.3 is 0 Å². The van der Waals surface area contributed by atoms with Gasteiger partial charge in [0.2, 0.25) is 0 Å². The van der Waals surface area contributed by atoms with E-state index < -0.39 is 11.9 Å². The van der Waals surface area contributed by atoms with Crippen molar-refractivity contribution < 1.29 is 18.0 Å². The van der Waals surface area contributed by atoms with Gasteiger partial charge >= 0.3 is 6.18 Å². The van der Waals surface area contributed by atoms with Crippen LogP contribution in [0.15, 0.2) is 18.2 Å². The van der Waals surface area contributed by atoms with Crippen LogP contribution in [0.4, 0.5) is 13.2 Å². The molecular formula is C13H13F3N4OS. The molecule has 2 N–H and O–H groups in total. The van der Waals surface area contributed by atoms with Gasteiger partial charge in [-0.05, 0) is 31.0 Å². The minimum atomic E-state index is -4.46. The molecule has 0 aliphatic carbocycles. The van der Waals surface area contributed by atoms with E-state index in [2.05, 4.69) is 10.5 Å². The number of hydrogen-bond donors (Lipinski definition) is 2. The van der Waals surface area contributed by atoms with Crippen LogP contribution in [-0.4, -0.2) is 34.2 Å². The third kappa shape index (κ3) is 3.00. The van der Waals surface area contributed by atoms with Gasteiger partial charge in [0.25, 0.3) is 5.91 Å². The number of carbonyl (C=O) groups excluding carboxylic acids is 1. The highest BCUT2D eigenvalue weighted by atomic mass is 32.1. The molecule has 0 aromatic carbocycles. The topological polar surface area (TPSA) is 61.0 Å². The lowest BCUT2D eigenvalue weighted by Crippen LogP contribution is -2.46. The molecule has 2 aromatic heterocycles. The number of hydrazine groups is 1. The van der Waals surface area contributed by atoms with Crippen LogP contribution >= 0.6 is 11.3 Å². The molecule has 2 aromatic rings. The Kier molecular flexibility index (Phi) is 3.92. The molecule has 1 fully saturated rings. The fraction of sp³-hybridized carbons (Fsp3) is 0.385. The van der Waals surface area contributed by atoms with Crippen molar-refractivity contribution in [3.63, 3.8) is 0 Å². The molecule has 0 atom stereocenters. The van der Waals surface area contributed by atoms with E-state index in [1.54, 1.807) is 17.1 Å². The number of hydrogen-bond acceptors (Lipinski definition) is 4. The molecule has 9 heteroatoms. The van der Waals surface area contributed by atoms with E-state index in [0.29, 0.717) is 16.3 Å². The largest absolute Gasteiger partial charge is 0.432 e. The number of amides is 1.